The van der Waals surface area contributed by atoms with Crippen molar-refractivity contribution in [1.29, 1.82) is 0 Å². The minimum atomic E-state index is -0.240. The second kappa shape index (κ2) is 8.30. The fourth-order valence-electron chi connectivity index (χ4n) is 2.67. The summed E-state index contributed by atoms with van der Waals surface area (Å²) in [5, 5.41) is 7.04. The SMILES string of the molecule is CN(Cc1nc(-c2ccccc2)no1)C(=O)c1cnc(Nc2ccccc2)nc1. The van der Waals surface area contributed by atoms with Gasteiger partial charge in [-0.15, -0.1) is 0 Å². The lowest BCUT2D eigenvalue weighted by Crippen LogP contribution is -2.26. The van der Waals surface area contributed by atoms with Crippen LogP contribution in [0.3, 0.4) is 0 Å². The van der Waals surface area contributed by atoms with Gasteiger partial charge >= 0.3 is 0 Å². The highest BCUT2D eigenvalue weighted by atomic mass is 16.5. The third-order valence-corrected chi connectivity index (χ3v) is 4.15. The Kier molecular flexibility index (Phi) is 5.24. The maximum atomic E-state index is 12.6. The van der Waals surface area contributed by atoms with Crippen molar-refractivity contribution in [2.45, 2.75) is 6.54 Å². The number of hydrogen-bond donors (Lipinski definition) is 1. The number of anilines is 2. The molecule has 2 heterocycles. The summed E-state index contributed by atoms with van der Waals surface area (Å²) in [6.45, 7) is 0.183. The molecule has 2 aromatic carbocycles. The number of benzene rings is 2. The third kappa shape index (κ3) is 4.44. The summed E-state index contributed by atoms with van der Waals surface area (Å²) in [7, 11) is 1.66. The van der Waals surface area contributed by atoms with Crippen molar-refractivity contribution in [2.75, 3.05) is 12.4 Å². The number of nitrogens with zero attached hydrogens (tertiary/aromatic N) is 5. The number of hydrogen-bond acceptors (Lipinski definition) is 7. The number of amides is 1. The lowest BCUT2D eigenvalue weighted by atomic mass is 10.2. The topological polar surface area (TPSA) is 97.0 Å². The van der Waals surface area contributed by atoms with Gasteiger partial charge in [0.15, 0.2) is 0 Å². The highest BCUT2D eigenvalue weighted by Gasteiger charge is 2.17. The van der Waals surface area contributed by atoms with Crippen LogP contribution in [0.15, 0.2) is 77.6 Å². The molecule has 8 nitrogen and oxygen atoms in total. The molecule has 1 amide bonds. The van der Waals surface area contributed by atoms with Crippen LogP contribution in [-0.2, 0) is 6.54 Å². The molecular weight excluding hydrogens is 368 g/mol. The second-order valence-corrected chi connectivity index (χ2v) is 6.33. The van der Waals surface area contributed by atoms with Crippen LogP contribution in [0.4, 0.5) is 11.6 Å². The third-order valence-electron chi connectivity index (χ3n) is 4.15. The number of nitrogens with one attached hydrogen (secondary N) is 1. The molecule has 1 N–H and O–H groups in total. The predicted molar refractivity (Wildman–Crippen MR) is 107 cm³/mol. The van der Waals surface area contributed by atoms with E-state index in [1.807, 2.05) is 60.7 Å². The van der Waals surface area contributed by atoms with Crippen LogP contribution in [0, 0.1) is 0 Å². The smallest absolute Gasteiger partial charge is 0.257 e. The van der Waals surface area contributed by atoms with Gasteiger partial charge in [0.1, 0.15) is 0 Å². The first kappa shape index (κ1) is 18.3. The van der Waals surface area contributed by atoms with Gasteiger partial charge in [-0.05, 0) is 12.1 Å². The van der Waals surface area contributed by atoms with Crippen molar-refractivity contribution >= 4 is 17.5 Å². The molecule has 4 aromatic rings. The lowest BCUT2D eigenvalue weighted by Gasteiger charge is -2.14. The van der Waals surface area contributed by atoms with E-state index in [-0.39, 0.29) is 12.5 Å². The van der Waals surface area contributed by atoms with E-state index >= 15 is 0 Å². The zero-order valence-corrected chi connectivity index (χ0v) is 15.7. The average molecular weight is 386 g/mol. The molecule has 0 bridgehead atoms. The van der Waals surface area contributed by atoms with Crippen molar-refractivity contribution in [3.8, 4) is 11.4 Å². The summed E-state index contributed by atoms with van der Waals surface area (Å²) >= 11 is 0. The first-order valence-electron chi connectivity index (χ1n) is 8.96. The quantitative estimate of drug-likeness (QED) is 0.541. The van der Waals surface area contributed by atoms with Gasteiger partial charge in [-0.25, -0.2) is 9.97 Å². The Bertz CT molecular complexity index is 1080. The maximum Gasteiger partial charge on any atom is 0.257 e. The molecule has 0 saturated carbocycles. The number of rotatable bonds is 6. The van der Waals surface area contributed by atoms with Gasteiger partial charge < -0.3 is 14.7 Å². The summed E-state index contributed by atoms with van der Waals surface area (Å²) in [6.07, 6.45) is 2.97. The number of para-hydroxylation sites is 1. The Hall–Kier alpha value is -4.07. The molecule has 4 rings (SSSR count). The van der Waals surface area contributed by atoms with E-state index in [1.54, 1.807) is 7.05 Å². The summed E-state index contributed by atoms with van der Waals surface area (Å²) in [4.78, 5) is 26.9. The van der Waals surface area contributed by atoms with Crippen LogP contribution in [0.5, 0.6) is 0 Å². The molecule has 8 heteroatoms. The summed E-state index contributed by atoms with van der Waals surface area (Å²) in [5.74, 6) is 1.01. The Balaban J connectivity index is 1.40. The van der Waals surface area contributed by atoms with Crippen molar-refractivity contribution in [2.24, 2.45) is 0 Å². The predicted octanol–water partition coefficient (Wildman–Crippen LogP) is 3.54. The van der Waals surface area contributed by atoms with Crippen molar-refractivity contribution in [3.05, 3.63) is 84.5 Å². The van der Waals surface area contributed by atoms with Gasteiger partial charge in [0.25, 0.3) is 5.91 Å². The Labute approximate surface area is 167 Å². The molecule has 0 fully saturated rings. The normalized spacial score (nSPS) is 10.5. The van der Waals surface area contributed by atoms with E-state index in [0.29, 0.717) is 23.2 Å². The Morgan fingerprint density at radius 2 is 1.66 bits per heavy atom. The van der Waals surface area contributed by atoms with Crippen molar-refractivity contribution in [1.82, 2.24) is 25.0 Å². The van der Waals surface area contributed by atoms with E-state index in [4.69, 9.17) is 4.52 Å². The largest absolute Gasteiger partial charge is 0.337 e. The highest BCUT2D eigenvalue weighted by Crippen LogP contribution is 2.16. The fourth-order valence-corrected chi connectivity index (χ4v) is 2.67. The molecule has 0 spiro atoms. The Morgan fingerprint density at radius 3 is 2.34 bits per heavy atom. The van der Waals surface area contributed by atoms with Crippen molar-refractivity contribution < 1.29 is 9.32 Å². The zero-order valence-electron chi connectivity index (χ0n) is 15.7. The van der Waals surface area contributed by atoms with Gasteiger partial charge in [-0.1, -0.05) is 53.7 Å². The van der Waals surface area contributed by atoms with Gasteiger partial charge in [-0.2, -0.15) is 4.98 Å². The molecule has 2 aromatic heterocycles. The van der Waals surface area contributed by atoms with Gasteiger partial charge in [0.2, 0.25) is 17.7 Å². The molecule has 0 aliphatic carbocycles. The van der Waals surface area contributed by atoms with E-state index in [2.05, 4.69) is 25.4 Å². The van der Waals surface area contributed by atoms with Crippen molar-refractivity contribution in [3.63, 3.8) is 0 Å². The number of carbonyl (C=O) groups excluding carboxylic acids is 1. The first-order valence-corrected chi connectivity index (χ1v) is 8.96. The number of aromatic nitrogens is 4. The van der Waals surface area contributed by atoms with Gasteiger partial charge in [0.05, 0.1) is 12.1 Å². The molecule has 0 aliphatic rings. The number of carbonyl (C=O) groups is 1. The minimum Gasteiger partial charge on any atom is -0.337 e. The fraction of sp³-hybridized carbons (Fsp3) is 0.0952. The molecule has 0 aliphatic heterocycles. The molecule has 0 saturated heterocycles. The summed E-state index contributed by atoms with van der Waals surface area (Å²) in [6, 6.07) is 19.1. The summed E-state index contributed by atoms with van der Waals surface area (Å²) in [5.41, 5.74) is 2.09. The summed E-state index contributed by atoms with van der Waals surface area (Å²) < 4.78 is 5.27. The minimum absolute atomic E-state index is 0.183. The standard InChI is InChI=1S/C21H18N6O2/c1-27(14-18-25-19(26-29-18)15-8-4-2-5-9-15)20(28)16-12-22-21(23-13-16)24-17-10-6-3-7-11-17/h2-13H,14H2,1H3,(H,22,23,24). The van der Waals surface area contributed by atoms with Crippen LogP contribution in [0.2, 0.25) is 0 Å². The molecule has 0 radical (unpaired) electrons. The van der Waals surface area contributed by atoms with Crippen LogP contribution < -0.4 is 5.32 Å². The van der Waals surface area contributed by atoms with Gasteiger partial charge in [-0.3, -0.25) is 4.79 Å². The lowest BCUT2D eigenvalue weighted by molar-refractivity contribution is 0.0768. The van der Waals surface area contributed by atoms with Gasteiger partial charge in [0, 0.05) is 30.7 Å². The van der Waals surface area contributed by atoms with Crippen LogP contribution in [0.1, 0.15) is 16.2 Å². The highest BCUT2D eigenvalue weighted by molar-refractivity contribution is 5.93. The Morgan fingerprint density at radius 1 is 1.00 bits per heavy atom. The zero-order chi connectivity index (χ0) is 20.1. The molecular formula is C21H18N6O2. The second-order valence-electron chi connectivity index (χ2n) is 6.33. The first-order chi connectivity index (χ1) is 14.2. The van der Waals surface area contributed by atoms with Crippen LogP contribution in [-0.4, -0.2) is 38.0 Å². The van der Waals surface area contributed by atoms with Crippen LogP contribution >= 0.6 is 0 Å². The van der Waals surface area contributed by atoms with E-state index < -0.39 is 0 Å². The van der Waals surface area contributed by atoms with E-state index in [1.165, 1.54) is 17.3 Å². The molecule has 0 unspecified atom stereocenters. The maximum absolute atomic E-state index is 12.6. The molecule has 29 heavy (non-hydrogen) atoms. The molecule has 0 atom stereocenters. The average Bonchev–Trinajstić information content (AvgIpc) is 3.23. The van der Waals surface area contributed by atoms with Crippen LogP contribution in [0.25, 0.3) is 11.4 Å². The monoisotopic (exact) mass is 386 g/mol. The van der Waals surface area contributed by atoms with E-state index in [0.717, 1.165) is 11.3 Å². The molecule has 144 valence electrons. The van der Waals surface area contributed by atoms with E-state index in [9.17, 15) is 4.79 Å².